The van der Waals surface area contributed by atoms with Crippen molar-refractivity contribution in [2.45, 2.75) is 18.6 Å². The average Bonchev–Trinajstić information content (AvgIpc) is 2.55. The molecule has 0 aliphatic carbocycles. The minimum absolute atomic E-state index is 0.102. The molecule has 1 unspecified atom stereocenters. The van der Waals surface area contributed by atoms with E-state index in [4.69, 9.17) is 0 Å². The molecule has 5 nitrogen and oxygen atoms in total. The number of piperidine rings is 1. The molecule has 0 radical (unpaired) electrons. The Bertz CT molecular complexity index is 667. The highest BCUT2D eigenvalue weighted by molar-refractivity contribution is 7.98. The van der Waals surface area contributed by atoms with E-state index < -0.39 is 10.0 Å². The first-order valence-electron chi connectivity index (χ1n) is 7.92. The molecule has 1 aromatic rings. The molecule has 1 heterocycles. The number of carbonyl (C=O) groups is 1. The Balaban J connectivity index is 1.69. The van der Waals surface area contributed by atoms with Crippen molar-refractivity contribution in [3.05, 3.63) is 35.6 Å². The van der Waals surface area contributed by atoms with Crippen molar-refractivity contribution < 1.29 is 17.6 Å². The number of rotatable bonds is 7. The number of amides is 1. The molecule has 0 saturated carbocycles. The molecule has 1 aliphatic heterocycles. The molecule has 1 aromatic carbocycles. The highest BCUT2D eigenvalue weighted by Crippen LogP contribution is 2.19. The topological polar surface area (TPSA) is 66.5 Å². The molecular weight excluding hydrogens is 351 g/mol. The highest BCUT2D eigenvalue weighted by atomic mass is 32.2. The number of thioether (sulfide) groups is 1. The van der Waals surface area contributed by atoms with Crippen molar-refractivity contribution in [1.82, 2.24) is 9.62 Å². The van der Waals surface area contributed by atoms with E-state index in [1.807, 2.05) is 0 Å². The second-order valence-electron chi connectivity index (χ2n) is 5.90. The summed E-state index contributed by atoms with van der Waals surface area (Å²) in [5.41, 5.74) is 0.657. The smallest absolute Gasteiger partial charge is 0.224 e. The van der Waals surface area contributed by atoms with Gasteiger partial charge in [0.15, 0.2) is 0 Å². The molecule has 8 heteroatoms. The van der Waals surface area contributed by atoms with Crippen LogP contribution in [-0.4, -0.2) is 50.3 Å². The van der Waals surface area contributed by atoms with Crippen LogP contribution in [0.5, 0.6) is 0 Å². The lowest BCUT2D eigenvalue weighted by Gasteiger charge is -2.30. The maximum Gasteiger partial charge on any atom is 0.224 e. The molecule has 2 rings (SSSR count). The van der Waals surface area contributed by atoms with Crippen LogP contribution in [0.1, 0.15) is 18.4 Å². The van der Waals surface area contributed by atoms with Gasteiger partial charge in [0.1, 0.15) is 5.82 Å². The number of hydrogen-bond acceptors (Lipinski definition) is 4. The second-order valence-corrected chi connectivity index (χ2v) is 8.98. The minimum atomic E-state index is -3.24. The van der Waals surface area contributed by atoms with E-state index >= 15 is 0 Å². The number of nitrogens with one attached hydrogen (secondary N) is 1. The van der Waals surface area contributed by atoms with Crippen LogP contribution in [0.2, 0.25) is 0 Å². The third-order valence-electron chi connectivity index (χ3n) is 3.98. The largest absolute Gasteiger partial charge is 0.355 e. The van der Waals surface area contributed by atoms with E-state index in [1.54, 1.807) is 30.0 Å². The van der Waals surface area contributed by atoms with Gasteiger partial charge in [0.2, 0.25) is 15.9 Å². The molecule has 24 heavy (non-hydrogen) atoms. The third kappa shape index (κ3) is 5.75. The molecule has 1 N–H and O–H groups in total. The van der Waals surface area contributed by atoms with Gasteiger partial charge in [0.25, 0.3) is 0 Å². The Kier molecular flexibility index (Phi) is 7.06. The quantitative estimate of drug-likeness (QED) is 0.740. The normalized spacial score (nSPS) is 19.2. The van der Waals surface area contributed by atoms with Crippen molar-refractivity contribution in [2.75, 3.05) is 31.6 Å². The molecule has 0 spiro atoms. The molecular formula is C16H23FN2O3S2. The van der Waals surface area contributed by atoms with E-state index in [9.17, 15) is 17.6 Å². The van der Waals surface area contributed by atoms with E-state index in [0.717, 1.165) is 0 Å². The fourth-order valence-electron chi connectivity index (χ4n) is 2.65. The Morgan fingerprint density at radius 1 is 1.42 bits per heavy atom. The van der Waals surface area contributed by atoms with Gasteiger partial charge < -0.3 is 5.32 Å². The summed E-state index contributed by atoms with van der Waals surface area (Å²) < 4.78 is 38.0. The molecule has 0 bridgehead atoms. The van der Waals surface area contributed by atoms with Gasteiger partial charge in [0, 0.05) is 31.1 Å². The first kappa shape index (κ1) is 19.2. The van der Waals surface area contributed by atoms with Crippen molar-refractivity contribution in [3.8, 4) is 0 Å². The minimum Gasteiger partial charge on any atom is -0.355 e. The van der Waals surface area contributed by atoms with Crippen LogP contribution in [0.3, 0.4) is 0 Å². The van der Waals surface area contributed by atoms with Crippen molar-refractivity contribution in [2.24, 2.45) is 5.92 Å². The number of hydrogen-bond donors (Lipinski definition) is 1. The van der Waals surface area contributed by atoms with E-state index in [0.29, 0.717) is 43.0 Å². The van der Waals surface area contributed by atoms with Gasteiger partial charge in [-0.2, -0.15) is 11.8 Å². The number of benzene rings is 1. The van der Waals surface area contributed by atoms with E-state index in [-0.39, 0.29) is 24.2 Å². The predicted molar refractivity (Wildman–Crippen MR) is 94.7 cm³/mol. The molecule has 1 saturated heterocycles. The zero-order chi connectivity index (χ0) is 17.6. The van der Waals surface area contributed by atoms with Gasteiger partial charge in [-0.25, -0.2) is 17.1 Å². The molecule has 1 aliphatic rings. The second kappa shape index (κ2) is 8.82. The number of halogens is 1. The molecule has 134 valence electrons. The summed E-state index contributed by atoms with van der Waals surface area (Å²) in [4.78, 5) is 12.2. The van der Waals surface area contributed by atoms with Crippen LogP contribution >= 0.6 is 11.8 Å². The SMILES string of the molecule is CS(=O)(=O)N1CCCC(C(=O)NCCSCc2ccccc2F)C1. The standard InChI is InChI=1S/C16H23FN2O3S2/c1-24(21,22)19-9-4-6-13(11-19)16(20)18-8-10-23-12-14-5-2-3-7-15(14)17/h2-3,5,7,13H,4,6,8-12H2,1H3,(H,18,20). The van der Waals surface area contributed by atoms with Crippen LogP contribution in [0.25, 0.3) is 0 Å². The molecule has 0 aromatic heterocycles. The first-order chi connectivity index (χ1) is 11.4. The Morgan fingerprint density at radius 2 is 2.17 bits per heavy atom. The summed E-state index contributed by atoms with van der Waals surface area (Å²) in [6.45, 7) is 1.24. The monoisotopic (exact) mass is 374 g/mol. The third-order valence-corrected chi connectivity index (χ3v) is 6.26. The summed E-state index contributed by atoms with van der Waals surface area (Å²) in [6.07, 6.45) is 2.58. The van der Waals surface area contributed by atoms with Gasteiger partial charge >= 0.3 is 0 Å². The van der Waals surface area contributed by atoms with Gasteiger partial charge in [-0.1, -0.05) is 18.2 Å². The van der Waals surface area contributed by atoms with Crippen LogP contribution in [0.15, 0.2) is 24.3 Å². The number of carbonyl (C=O) groups excluding carboxylic acids is 1. The molecule has 1 atom stereocenters. The van der Waals surface area contributed by atoms with Crippen LogP contribution < -0.4 is 5.32 Å². The van der Waals surface area contributed by atoms with Gasteiger partial charge in [-0.15, -0.1) is 0 Å². The summed E-state index contributed by atoms with van der Waals surface area (Å²) in [5.74, 6) is 0.646. The average molecular weight is 375 g/mol. The van der Waals surface area contributed by atoms with Crippen molar-refractivity contribution in [3.63, 3.8) is 0 Å². The maximum absolute atomic E-state index is 13.5. The summed E-state index contributed by atoms with van der Waals surface area (Å²) in [7, 11) is -3.24. The Hall–Kier alpha value is -1.12. The Labute approximate surface area is 147 Å². The van der Waals surface area contributed by atoms with Gasteiger partial charge in [-0.05, 0) is 24.5 Å². The predicted octanol–water partition coefficient (Wildman–Crippen LogP) is 1.85. The lowest BCUT2D eigenvalue weighted by atomic mass is 9.99. The summed E-state index contributed by atoms with van der Waals surface area (Å²) in [6, 6.07) is 6.65. The molecule has 1 amide bonds. The van der Waals surface area contributed by atoms with Crippen molar-refractivity contribution >= 4 is 27.7 Å². The van der Waals surface area contributed by atoms with Crippen LogP contribution in [0, 0.1) is 11.7 Å². The zero-order valence-corrected chi connectivity index (χ0v) is 15.3. The van der Waals surface area contributed by atoms with Crippen LogP contribution in [0.4, 0.5) is 4.39 Å². The van der Waals surface area contributed by atoms with Gasteiger partial charge in [-0.3, -0.25) is 4.79 Å². The summed E-state index contributed by atoms with van der Waals surface area (Å²) >= 11 is 1.55. The van der Waals surface area contributed by atoms with E-state index in [1.165, 1.54) is 16.6 Å². The van der Waals surface area contributed by atoms with Gasteiger partial charge in [0.05, 0.1) is 12.2 Å². The lowest BCUT2D eigenvalue weighted by Crippen LogP contribution is -2.45. The lowest BCUT2D eigenvalue weighted by molar-refractivity contribution is -0.125. The fraction of sp³-hybridized carbons (Fsp3) is 0.562. The van der Waals surface area contributed by atoms with Crippen LogP contribution in [-0.2, 0) is 20.6 Å². The summed E-state index contributed by atoms with van der Waals surface area (Å²) in [5, 5.41) is 2.85. The molecule has 1 fully saturated rings. The zero-order valence-electron chi connectivity index (χ0n) is 13.7. The number of sulfonamides is 1. The van der Waals surface area contributed by atoms with Crippen molar-refractivity contribution in [1.29, 1.82) is 0 Å². The number of nitrogens with zero attached hydrogens (tertiary/aromatic N) is 1. The first-order valence-corrected chi connectivity index (χ1v) is 10.9. The fourth-order valence-corrected chi connectivity index (χ4v) is 4.40. The highest BCUT2D eigenvalue weighted by Gasteiger charge is 2.29. The maximum atomic E-state index is 13.5. The van der Waals surface area contributed by atoms with E-state index in [2.05, 4.69) is 5.32 Å². The Morgan fingerprint density at radius 3 is 2.88 bits per heavy atom.